The molecule has 0 radical (unpaired) electrons. The van der Waals surface area contributed by atoms with Crippen molar-refractivity contribution in [3.8, 4) is 5.75 Å². The number of anilines is 3. The fourth-order valence-electron chi connectivity index (χ4n) is 3.21. The van der Waals surface area contributed by atoms with E-state index in [4.69, 9.17) is 16.3 Å². The fraction of sp³-hybridized carbons (Fsp3) is 0.333. The minimum Gasteiger partial charge on any atom is -0.492 e. The van der Waals surface area contributed by atoms with Crippen LogP contribution in [0.15, 0.2) is 42.2 Å². The number of nitrogens with one attached hydrogen (secondary N) is 3. The Morgan fingerprint density at radius 1 is 1.15 bits per heavy atom. The average molecular weight is 487 g/mol. The second kappa shape index (κ2) is 11.2. The SMILES string of the molecule is CNC(=O)/C(N)=C/N(N)c1cc(C(=O)Nc2cc(C(C)(C)C)cc(NSC)c2OC)ccc1C. The highest BCUT2D eigenvalue weighted by Gasteiger charge is 2.21. The quantitative estimate of drug-likeness (QED) is 0.166. The van der Waals surface area contributed by atoms with E-state index in [0.717, 1.165) is 16.8 Å². The zero-order valence-corrected chi connectivity index (χ0v) is 21.5. The third-order valence-electron chi connectivity index (χ3n) is 5.14. The van der Waals surface area contributed by atoms with Crippen LogP contribution in [0.4, 0.5) is 17.1 Å². The summed E-state index contributed by atoms with van der Waals surface area (Å²) in [5, 5.41) is 6.62. The average Bonchev–Trinajstić information content (AvgIpc) is 2.77. The van der Waals surface area contributed by atoms with E-state index < -0.39 is 5.91 Å². The number of hydrazine groups is 1. The maximum Gasteiger partial charge on any atom is 0.268 e. The molecule has 9 nitrogen and oxygen atoms in total. The summed E-state index contributed by atoms with van der Waals surface area (Å²) in [6, 6.07) is 9.05. The van der Waals surface area contributed by atoms with Crippen LogP contribution in [0.5, 0.6) is 5.75 Å². The molecule has 0 atom stereocenters. The third kappa shape index (κ3) is 6.36. The number of methoxy groups -OCH3 is 1. The second-order valence-corrected chi connectivity index (χ2v) is 9.30. The Hall–Kier alpha value is -3.37. The molecule has 10 heteroatoms. The molecule has 0 aromatic heterocycles. The lowest BCUT2D eigenvalue weighted by Crippen LogP contribution is -2.31. The highest BCUT2D eigenvalue weighted by atomic mass is 32.2. The van der Waals surface area contributed by atoms with Crippen LogP contribution >= 0.6 is 11.9 Å². The number of rotatable bonds is 8. The molecule has 0 aliphatic heterocycles. The first-order valence-electron chi connectivity index (χ1n) is 10.6. The van der Waals surface area contributed by atoms with E-state index in [9.17, 15) is 9.59 Å². The van der Waals surface area contributed by atoms with Crippen molar-refractivity contribution in [2.24, 2.45) is 11.6 Å². The van der Waals surface area contributed by atoms with Crippen molar-refractivity contribution in [2.75, 3.05) is 35.5 Å². The van der Waals surface area contributed by atoms with Crippen LogP contribution in [0.3, 0.4) is 0 Å². The zero-order valence-electron chi connectivity index (χ0n) is 20.7. The van der Waals surface area contributed by atoms with E-state index in [1.807, 2.05) is 25.3 Å². The lowest BCUT2D eigenvalue weighted by atomic mass is 9.86. The van der Waals surface area contributed by atoms with Gasteiger partial charge in [-0.05, 0) is 47.7 Å². The van der Waals surface area contributed by atoms with Crippen molar-refractivity contribution in [1.82, 2.24) is 5.32 Å². The number of carbonyl (C=O) groups is 2. The second-order valence-electron chi connectivity index (χ2n) is 8.69. The zero-order chi connectivity index (χ0) is 25.6. The summed E-state index contributed by atoms with van der Waals surface area (Å²) in [6.07, 6.45) is 3.22. The fourth-order valence-corrected chi connectivity index (χ4v) is 3.58. The summed E-state index contributed by atoms with van der Waals surface area (Å²) in [5.74, 6) is 5.85. The number of amides is 2. The molecule has 0 spiro atoms. The molecule has 0 saturated heterocycles. The number of ether oxygens (including phenoxy) is 1. The monoisotopic (exact) mass is 486 g/mol. The van der Waals surface area contributed by atoms with Gasteiger partial charge in [-0.25, -0.2) is 5.84 Å². The molecule has 2 rings (SSSR count). The van der Waals surface area contributed by atoms with Crippen LogP contribution in [0, 0.1) is 6.92 Å². The molecule has 184 valence electrons. The summed E-state index contributed by atoms with van der Waals surface area (Å²) >= 11 is 1.44. The number of hydrogen-bond acceptors (Lipinski definition) is 8. The number of likely N-dealkylation sites (N-methyl/N-ethyl adjacent to an activating group) is 1. The predicted octanol–water partition coefficient (Wildman–Crippen LogP) is 3.47. The molecule has 2 aromatic carbocycles. The Morgan fingerprint density at radius 3 is 2.35 bits per heavy atom. The predicted molar refractivity (Wildman–Crippen MR) is 141 cm³/mol. The molecular formula is C24H34N6O3S. The maximum atomic E-state index is 13.2. The number of nitrogens with two attached hydrogens (primary N) is 2. The van der Waals surface area contributed by atoms with E-state index in [1.54, 1.807) is 25.3 Å². The van der Waals surface area contributed by atoms with Gasteiger partial charge in [-0.2, -0.15) is 0 Å². The van der Waals surface area contributed by atoms with Gasteiger partial charge in [-0.3, -0.25) is 14.6 Å². The van der Waals surface area contributed by atoms with Gasteiger partial charge >= 0.3 is 0 Å². The van der Waals surface area contributed by atoms with Crippen molar-refractivity contribution in [3.05, 3.63) is 58.9 Å². The van der Waals surface area contributed by atoms with Crippen molar-refractivity contribution in [3.63, 3.8) is 0 Å². The van der Waals surface area contributed by atoms with E-state index in [0.29, 0.717) is 22.7 Å². The molecule has 2 aromatic rings. The standard InChI is InChI=1S/C24H34N6O3S/c1-14-8-9-15(10-20(14)30(26)13-17(25)23(32)27-5)22(31)28-18-11-16(24(2,3)4)12-19(29-34-7)21(18)33-6/h8-13,29H,25-26H2,1-7H3,(H,27,32)(H,28,31)/b17-13-. The summed E-state index contributed by atoms with van der Waals surface area (Å²) in [4.78, 5) is 24.9. The Balaban J connectivity index is 2.45. The molecule has 2 amide bonds. The van der Waals surface area contributed by atoms with Crippen molar-refractivity contribution in [1.29, 1.82) is 0 Å². The topological polar surface area (TPSA) is 135 Å². The third-order valence-corrected chi connectivity index (χ3v) is 5.56. The van der Waals surface area contributed by atoms with Crippen LogP contribution < -0.4 is 36.7 Å². The molecule has 34 heavy (non-hydrogen) atoms. The van der Waals surface area contributed by atoms with Gasteiger partial charge in [-0.15, -0.1) is 0 Å². The molecule has 0 bridgehead atoms. The minimum atomic E-state index is -0.456. The molecule has 0 heterocycles. The number of benzene rings is 2. The van der Waals surface area contributed by atoms with Gasteiger partial charge in [0.2, 0.25) is 0 Å². The Labute approximate surface area is 205 Å². The van der Waals surface area contributed by atoms with Gasteiger partial charge in [0.25, 0.3) is 11.8 Å². The van der Waals surface area contributed by atoms with Gasteiger partial charge in [0.1, 0.15) is 5.70 Å². The van der Waals surface area contributed by atoms with Gasteiger partial charge in [0, 0.05) is 25.1 Å². The van der Waals surface area contributed by atoms with Crippen molar-refractivity contribution in [2.45, 2.75) is 33.1 Å². The Morgan fingerprint density at radius 2 is 1.79 bits per heavy atom. The number of aryl methyl sites for hydroxylation is 1. The van der Waals surface area contributed by atoms with E-state index in [-0.39, 0.29) is 17.0 Å². The van der Waals surface area contributed by atoms with Crippen LogP contribution in [-0.4, -0.2) is 32.2 Å². The van der Waals surface area contributed by atoms with Gasteiger partial charge < -0.3 is 25.8 Å². The molecular weight excluding hydrogens is 452 g/mol. The van der Waals surface area contributed by atoms with Crippen molar-refractivity contribution >= 4 is 40.8 Å². The van der Waals surface area contributed by atoms with Gasteiger partial charge in [-0.1, -0.05) is 38.8 Å². The molecule has 0 aliphatic carbocycles. The number of nitrogens with zero attached hydrogens (tertiary/aromatic N) is 1. The van der Waals surface area contributed by atoms with E-state index in [1.165, 1.54) is 30.2 Å². The molecule has 7 N–H and O–H groups in total. The molecule has 0 aliphatic rings. The normalized spacial score (nSPS) is 11.6. The molecule has 0 fully saturated rings. The maximum absolute atomic E-state index is 13.2. The summed E-state index contributed by atoms with van der Waals surface area (Å²) < 4.78 is 8.84. The van der Waals surface area contributed by atoms with Gasteiger partial charge in [0.15, 0.2) is 5.75 Å². The summed E-state index contributed by atoms with van der Waals surface area (Å²) in [7, 11) is 3.04. The summed E-state index contributed by atoms with van der Waals surface area (Å²) in [6.45, 7) is 8.15. The molecule has 0 saturated carbocycles. The van der Waals surface area contributed by atoms with Crippen LogP contribution in [0.2, 0.25) is 0 Å². The first kappa shape index (κ1) is 26.9. The smallest absolute Gasteiger partial charge is 0.268 e. The van der Waals surface area contributed by atoms with Crippen LogP contribution in [0.1, 0.15) is 42.3 Å². The lowest BCUT2D eigenvalue weighted by molar-refractivity contribution is -0.117. The van der Waals surface area contributed by atoms with Gasteiger partial charge in [0.05, 0.1) is 24.2 Å². The Kier molecular flexibility index (Phi) is 8.83. The first-order chi connectivity index (χ1) is 15.9. The lowest BCUT2D eigenvalue weighted by Gasteiger charge is -2.24. The van der Waals surface area contributed by atoms with E-state index in [2.05, 4.69) is 36.1 Å². The number of hydrogen-bond donors (Lipinski definition) is 5. The highest BCUT2D eigenvalue weighted by molar-refractivity contribution is 7.99. The first-order valence-corrected chi connectivity index (χ1v) is 11.8. The van der Waals surface area contributed by atoms with Crippen LogP contribution in [0.25, 0.3) is 0 Å². The largest absolute Gasteiger partial charge is 0.492 e. The summed E-state index contributed by atoms with van der Waals surface area (Å²) in [5.41, 5.74) is 9.62. The van der Waals surface area contributed by atoms with E-state index >= 15 is 0 Å². The minimum absolute atomic E-state index is 0.0585. The van der Waals surface area contributed by atoms with Crippen molar-refractivity contribution < 1.29 is 14.3 Å². The van der Waals surface area contributed by atoms with Crippen LogP contribution in [-0.2, 0) is 10.2 Å². The molecule has 0 unspecified atom stereocenters. The Bertz CT molecular complexity index is 1090. The highest BCUT2D eigenvalue weighted by Crippen LogP contribution is 2.39. The number of carbonyl (C=O) groups excluding carboxylic acids is 2.